The molecule has 0 bridgehead atoms. The van der Waals surface area contributed by atoms with Crippen molar-refractivity contribution in [2.75, 3.05) is 33.0 Å². The van der Waals surface area contributed by atoms with Gasteiger partial charge < -0.3 is 14.4 Å². The van der Waals surface area contributed by atoms with Gasteiger partial charge >= 0.3 is 0 Å². The molecule has 9 heteroatoms. The highest BCUT2D eigenvalue weighted by atomic mass is 35.5. The van der Waals surface area contributed by atoms with Crippen molar-refractivity contribution in [2.24, 2.45) is 0 Å². The lowest BCUT2D eigenvalue weighted by Gasteiger charge is -2.31. The van der Waals surface area contributed by atoms with Gasteiger partial charge in [-0.3, -0.25) is 0 Å². The van der Waals surface area contributed by atoms with Crippen molar-refractivity contribution in [3.8, 4) is 11.5 Å². The van der Waals surface area contributed by atoms with E-state index in [2.05, 4.69) is 4.98 Å². The molecule has 138 valence electrons. The van der Waals surface area contributed by atoms with Crippen LogP contribution in [0.2, 0.25) is 5.15 Å². The van der Waals surface area contributed by atoms with Crippen molar-refractivity contribution >= 4 is 21.6 Å². The van der Waals surface area contributed by atoms with E-state index in [-0.39, 0.29) is 16.8 Å². The minimum atomic E-state index is -3.52. The molecule has 1 N–H and O–H groups in total. The molecule has 1 aromatic heterocycles. The van der Waals surface area contributed by atoms with E-state index >= 15 is 0 Å². The summed E-state index contributed by atoms with van der Waals surface area (Å²) in [5.41, 5.74) is 1.16. The van der Waals surface area contributed by atoms with Gasteiger partial charge in [0.1, 0.15) is 16.6 Å². The van der Waals surface area contributed by atoms with Crippen LogP contribution in [-0.2, 0) is 16.6 Å². The third kappa shape index (κ3) is 3.50. The van der Waals surface area contributed by atoms with Gasteiger partial charge in [0.2, 0.25) is 16.8 Å². The summed E-state index contributed by atoms with van der Waals surface area (Å²) in [6, 6.07) is 8.94. The minimum Gasteiger partial charge on any atom is -0.454 e. The summed E-state index contributed by atoms with van der Waals surface area (Å²) >= 11 is 5.74. The molecule has 2 aliphatic heterocycles. The monoisotopic (exact) mass is 396 g/mol. The molecule has 1 fully saturated rings. The Morgan fingerprint density at radius 3 is 2.62 bits per heavy atom. The molecule has 0 radical (unpaired) electrons. The van der Waals surface area contributed by atoms with E-state index in [0.29, 0.717) is 13.1 Å². The number of rotatable bonds is 4. The second kappa shape index (κ2) is 7.03. The first-order chi connectivity index (χ1) is 12.5. The zero-order valence-corrected chi connectivity index (χ0v) is 15.6. The first-order valence-corrected chi connectivity index (χ1v) is 10.2. The van der Waals surface area contributed by atoms with Crippen molar-refractivity contribution in [3.05, 3.63) is 47.2 Å². The third-order valence-corrected chi connectivity index (χ3v) is 6.76. The van der Waals surface area contributed by atoms with Gasteiger partial charge in [-0.2, -0.15) is 4.31 Å². The molecular formula is C17H19ClN3O4S+. The Kier molecular flexibility index (Phi) is 4.74. The predicted octanol–water partition coefficient (Wildman–Crippen LogP) is 0.553. The molecule has 26 heavy (non-hydrogen) atoms. The highest BCUT2D eigenvalue weighted by Gasteiger charge is 2.30. The number of nitrogens with zero attached hydrogens (tertiary/aromatic N) is 2. The molecule has 0 aliphatic carbocycles. The van der Waals surface area contributed by atoms with Gasteiger partial charge in [-0.25, -0.2) is 13.4 Å². The molecule has 0 amide bonds. The summed E-state index contributed by atoms with van der Waals surface area (Å²) in [4.78, 5) is 5.39. The molecule has 0 spiro atoms. The minimum absolute atomic E-state index is 0.182. The van der Waals surface area contributed by atoms with E-state index in [1.165, 1.54) is 27.5 Å². The SMILES string of the molecule is O=S(=O)(c1ccc(Cl)nc1)N1CC[NH+](Cc2ccc3c(c2)OCO3)CC1. The number of pyridine rings is 1. The number of halogens is 1. The van der Waals surface area contributed by atoms with Crippen molar-refractivity contribution in [3.63, 3.8) is 0 Å². The number of quaternary nitrogens is 1. The Labute approximate surface area is 157 Å². The van der Waals surface area contributed by atoms with Crippen LogP contribution in [0.15, 0.2) is 41.4 Å². The van der Waals surface area contributed by atoms with Gasteiger partial charge in [-0.05, 0) is 30.3 Å². The van der Waals surface area contributed by atoms with Crippen LogP contribution in [0.25, 0.3) is 0 Å². The van der Waals surface area contributed by atoms with Crippen LogP contribution in [0.3, 0.4) is 0 Å². The van der Waals surface area contributed by atoms with Crippen molar-refractivity contribution in [1.29, 1.82) is 0 Å². The van der Waals surface area contributed by atoms with E-state index in [4.69, 9.17) is 21.1 Å². The molecule has 1 saturated heterocycles. The zero-order chi connectivity index (χ0) is 18.1. The number of nitrogens with one attached hydrogen (secondary N) is 1. The van der Waals surface area contributed by atoms with E-state index in [9.17, 15) is 8.42 Å². The molecule has 7 nitrogen and oxygen atoms in total. The number of piperazine rings is 1. The van der Waals surface area contributed by atoms with E-state index in [1.54, 1.807) is 0 Å². The Balaban J connectivity index is 1.38. The number of benzene rings is 1. The molecule has 3 heterocycles. The summed E-state index contributed by atoms with van der Waals surface area (Å²) in [5, 5.41) is 0.280. The maximum absolute atomic E-state index is 12.7. The van der Waals surface area contributed by atoms with Crippen LogP contribution in [0.5, 0.6) is 11.5 Å². The maximum atomic E-state index is 12.7. The summed E-state index contributed by atoms with van der Waals surface area (Å²) in [7, 11) is -3.52. The summed E-state index contributed by atoms with van der Waals surface area (Å²) < 4.78 is 37.6. The lowest BCUT2D eigenvalue weighted by Crippen LogP contribution is -3.13. The molecule has 0 atom stereocenters. The molecule has 0 saturated carbocycles. The largest absolute Gasteiger partial charge is 0.454 e. The standard InChI is InChI=1S/C17H18ClN3O4S/c18-17-4-2-14(10-19-17)26(22,23)21-7-5-20(6-8-21)11-13-1-3-15-16(9-13)25-12-24-15/h1-4,9-10H,5-8,11-12H2/p+1. The smallest absolute Gasteiger partial charge is 0.245 e. The van der Waals surface area contributed by atoms with Crippen molar-refractivity contribution < 1.29 is 22.8 Å². The number of hydrogen-bond donors (Lipinski definition) is 1. The fourth-order valence-electron chi connectivity index (χ4n) is 3.22. The average molecular weight is 397 g/mol. The number of hydrogen-bond acceptors (Lipinski definition) is 5. The second-order valence-electron chi connectivity index (χ2n) is 6.34. The van der Waals surface area contributed by atoms with Crippen LogP contribution >= 0.6 is 11.6 Å². The molecule has 2 aromatic rings. The Bertz CT molecular complexity index is 897. The van der Waals surface area contributed by atoms with Gasteiger partial charge in [-0.1, -0.05) is 11.6 Å². The average Bonchev–Trinajstić information content (AvgIpc) is 3.10. The fourth-order valence-corrected chi connectivity index (χ4v) is 4.72. The van der Waals surface area contributed by atoms with Gasteiger partial charge in [0, 0.05) is 11.8 Å². The lowest BCUT2D eigenvalue weighted by atomic mass is 10.2. The number of sulfonamides is 1. The van der Waals surface area contributed by atoms with Crippen LogP contribution < -0.4 is 14.4 Å². The normalized spacial score (nSPS) is 18.2. The van der Waals surface area contributed by atoms with Crippen LogP contribution in [-0.4, -0.2) is 50.7 Å². The zero-order valence-electron chi connectivity index (χ0n) is 14.0. The van der Waals surface area contributed by atoms with E-state index < -0.39 is 10.0 Å². The molecule has 2 aliphatic rings. The Morgan fingerprint density at radius 2 is 1.88 bits per heavy atom. The highest BCUT2D eigenvalue weighted by Crippen LogP contribution is 2.32. The van der Waals surface area contributed by atoms with Crippen molar-refractivity contribution in [2.45, 2.75) is 11.4 Å². The Hall–Kier alpha value is -1.87. The quantitative estimate of drug-likeness (QED) is 0.764. The summed E-state index contributed by atoms with van der Waals surface area (Å²) in [6.45, 7) is 3.54. The van der Waals surface area contributed by atoms with Crippen molar-refractivity contribution in [1.82, 2.24) is 9.29 Å². The highest BCUT2D eigenvalue weighted by molar-refractivity contribution is 7.89. The van der Waals surface area contributed by atoms with Gasteiger partial charge in [0.15, 0.2) is 11.5 Å². The third-order valence-electron chi connectivity index (χ3n) is 4.66. The molecular weight excluding hydrogens is 378 g/mol. The van der Waals surface area contributed by atoms with Gasteiger partial charge in [0.25, 0.3) is 0 Å². The second-order valence-corrected chi connectivity index (χ2v) is 8.66. The molecule has 4 rings (SSSR count). The fraction of sp³-hybridized carbons (Fsp3) is 0.353. The number of aromatic nitrogens is 1. The summed E-state index contributed by atoms with van der Waals surface area (Å²) in [6.07, 6.45) is 1.31. The lowest BCUT2D eigenvalue weighted by molar-refractivity contribution is -0.917. The van der Waals surface area contributed by atoms with E-state index in [0.717, 1.165) is 36.7 Å². The molecule has 1 aromatic carbocycles. The van der Waals surface area contributed by atoms with Crippen LogP contribution in [0.4, 0.5) is 0 Å². The van der Waals surface area contributed by atoms with E-state index in [1.807, 2.05) is 18.2 Å². The van der Waals surface area contributed by atoms with Gasteiger partial charge in [-0.15, -0.1) is 0 Å². The molecule has 0 unspecified atom stereocenters. The topological polar surface area (TPSA) is 73.2 Å². The number of ether oxygens (including phenoxy) is 2. The maximum Gasteiger partial charge on any atom is 0.245 e. The van der Waals surface area contributed by atoms with Gasteiger partial charge in [0.05, 0.1) is 26.2 Å². The van der Waals surface area contributed by atoms with Crippen LogP contribution in [0.1, 0.15) is 5.56 Å². The Morgan fingerprint density at radius 1 is 1.12 bits per heavy atom. The summed E-state index contributed by atoms with van der Waals surface area (Å²) in [5.74, 6) is 1.55. The van der Waals surface area contributed by atoms with Crippen LogP contribution in [0, 0.1) is 0 Å². The predicted molar refractivity (Wildman–Crippen MR) is 95.0 cm³/mol. The number of fused-ring (bicyclic) bond motifs is 1. The first kappa shape index (κ1) is 17.5. The first-order valence-electron chi connectivity index (χ1n) is 8.36.